The summed E-state index contributed by atoms with van der Waals surface area (Å²) in [4.78, 5) is 31.9. The van der Waals surface area contributed by atoms with E-state index in [9.17, 15) is 9.59 Å². The summed E-state index contributed by atoms with van der Waals surface area (Å²) >= 11 is 1.46. The molecule has 1 aliphatic heterocycles. The SMILES string of the molecule is Cc1ccc(-c2csc(-n3nc(C)cc3NC(=O)[C@@H]3CC(=O)N(c4ccccc4)C3)n2)cc1. The van der Waals surface area contributed by atoms with E-state index in [1.165, 1.54) is 16.9 Å². The van der Waals surface area contributed by atoms with Crippen LogP contribution in [0.15, 0.2) is 66.0 Å². The number of hydrogen-bond acceptors (Lipinski definition) is 5. The lowest BCUT2D eigenvalue weighted by Gasteiger charge is -2.16. The van der Waals surface area contributed by atoms with Gasteiger partial charge in [-0.2, -0.15) is 9.78 Å². The summed E-state index contributed by atoms with van der Waals surface area (Å²) in [5, 5.41) is 10.2. The van der Waals surface area contributed by atoms with Crippen LogP contribution in [-0.4, -0.2) is 33.1 Å². The molecule has 166 valence electrons. The summed E-state index contributed by atoms with van der Waals surface area (Å²) in [6.45, 7) is 4.28. The molecule has 1 N–H and O–H groups in total. The molecule has 0 unspecified atom stereocenters. The first-order valence-corrected chi connectivity index (χ1v) is 11.6. The molecule has 8 heteroatoms. The normalized spacial score (nSPS) is 15.8. The van der Waals surface area contributed by atoms with Crippen molar-refractivity contribution in [2.24, 2.45) is 5.92 Å². The van der Waals surface area contributed by atoms with Crippen LogP contribution >= 0.6 is 11.3 Å². The van der Waals surface area contributed by atoms with E-state index in [1.54, 1.807) is 9.58 Å². The predicted octanol–water partition coefficient (Wildman–Crippen LogP) is 4.60. The van der Waals surface area contributed by atoms with Crippen molar-refractivity contribution in [1.29, 1.82) is 0 Å². The Bertz CT molecular complexity index is 1310. The average Bonchev–Trinajstić information content (AvgIpc) is 3.53. The zero-order valence-corrected chi connectivity index (χ0v) is 19.2. The molecule has 2 aromatic carbocycles. The van der Waals surface area contributed by atoms with Gasteiger partial charge in [0, 0.05) is 35.7 Å². The van der Waals surface area contributed by atoms with Crippen LogP contribution in [0, 0.1) is 19.8 Å². The number of aryl methyl sites for hydroxylation is 2. The molecule has 0 bridgehead atoms. The maximum absolute atomic E-state index is 13.0. The van der Waals surface area contributed by atoms with Gasteiger partial charge >= 0.3 is 0 Å². The molecule has 4 aromatic rings. The van der Waals surface area contributed by atoms with Crippen LogP contribution in [0.4, 0.5) is 11.5 Å². The third kappa shape index (κ3) is 4.29. The van der Waals surface area contributed by atoms with Crippen LogP contribution in [0.25, 0.3) is 16.4 Å². The van der Waals surface area contributed by atoms with Crippen LogP contribution in [0.1, 0.15) is 17.7 Å². The van der Waals surface area contributed by atoms with Gasteiger partial charge in [0.1, 0.15) is 5.82 Å². The van der Waals surface area contributed by atoms with Crippen LogP contribution < -0.4 is 10.2 Å². The quantitative estimate of drug-likeness (QED) is 0.475. The van der Waals surface area contributed by atoms with Gasteiger partial charge < -0.3 is 10.2 Å². The van der Waals surface area contributed by atoms with Crippen molar-refractivity contribution in [2.45, 2.75) is 20.3 Å². The first kappa shape index (κ1) is 21.1. The van der Waals surface area contributed by atoms with Gasteiger partial charge in [0.15, 0.2) is 0 Å². The van der Waals surface area contributed by atoms with Gasteiger partial charge in [-0.1, -0.05) is 48.0 Å². The van der Waals surface area contributed by atoms with Gasteiger partial charge in [-0.25, -0.2) is 4.98 Å². The van der Waals surface area contributed by atoms with Gasteiger partial charge in [-0.15, -0.1) is 11.3 Å². The number of carbonyl (C=O) groups is 2. The molecular weight excluding hydrogens is 434 g/mol. The number of nitrogens with one attached hydrogen (secondary N) is 1. The fourth-order valence-electron chi connectivity index (χ4n) is 3.92. The molecule has 3 heterocycles. The number of anilines is 2. The first-order valence-electron chi connectivity index (χ1n) is 10.7. The Balaban J connectivity index is 1.34. The molecule has 0 spiro atoms. The van der Waals surface area contributed by atoms with E-state index >= 15 is 0 Å². The molecule has 1 saturated heterocycles. The summed E-state index contributed by atoms with van der Waals surface area (Å²) in [5.41, 5.74) is 4.66. The van der Waals surface area contributed by atoms with Crippen molar-refractivity contribution in [1.82, 2.24) is 14.8 Å². The van der Waals surface area contributed by atoms with Crippen molar-refractivity contribution < 1.29 is 9.59 Å². The maximum atomic E-state index is 13.0. The topological polar surface area (TPSA) is 80.1 Å². The first-order chi connectivity index (χ1) is 16.0. The van der Waals surface area contributed by atoms with E-state index in [-0.39, 0.29) is 18.2 Å². The zero-order valence-electron chi connectivity index (χ0n) is 18.4. The van der Waals surface area contributed by atoms with Crippen molar-refractivity contribution in [3.05, 3.63) is 77.3 Å². The second-order valence-electron chi connectivity index (χ2n) is 8.19. The van der Waals surface area contributed by atoms with Crippen molar-refractivity contribution in [3.8, 4) is 16.4 Å². The number of para-hydroxylation sites is 1. The van der Waals surface area contributed by atoms with E-state index in [0.29, 0.717) is 17.5 Å². The second kappa shape index (κ2) is 8.63. The number of nitrogens with zero attached hydrogens (tertiary/aromatic N) is 4. The molecule has 1 aliphatic rings. The lowest BCUT2D eigenvalue weighted by atomic mass is 10.1. The van der Waals surface area contributed by atoms with Crippen molar-refractivity contribution in [3.63, 3.8) is 0 Å². The van der Waals surface area contributed by atoms with E-state index in [4.69, 9.17) is 4.98 Å². The lowest BCUT2D eigenvalue weighted by Crippen LogP contribution is -2.28. The molecule has 1 atom stereocenters. The highest BCUT2D eigenvalue weighted by atomic mass is 32.1. The Hall–Kier alpha value is -3.78. The fourth-order valence-corrected chi connectivity index (χ4v) is 4.72. The van der Waals surface area contributed by atoms with Crippen LogP contribution in [0.2, 0.25) is 0 Å². The molecule has 33 heavy (non-hydrogen) atoms. The van der Waals surface area contributed by atoms with E-state index in [2.05, 4.69) is 29.5 Å². The average molecular weight is 458 g/mol. The number of amides is 2. The number of carbonyl (C=O) groups excluding carboxylic acids is 2. The standard InChI is InChI=1S/C25H23N5O2S/c1-16-8-10-18(11-9-16)21-15-33-25(26-21)30-22(12-17(2)28-30)27-24(32)19-13-23(31)29(14-19)20-6-4-3-5-7-20/h3-12,15,19H,13-14H2,1-2H3,(H,27,32)/t19-/m1/s1. The van der Waals surface area contributed by atoms with Gasteiger partial charge in [-0.3, -0.25) is 9.59 Å². The summed E-state index contributed by atoms with van der Waals surface area (Å²) in [6.07, 6.45) is 0.183. The smallest absolute Gasteiger partial charge is 0.230 e. The summed E-state index contributed by atoms with van der Waals surface area (Å²) in [5.74, 6) is -0.124. The monoisotopic (exact) mass is 457 g/mol. The van der Waals surface area contributed by atoms with Gasteiger partial charge in [0.05, 0.1) is 17.3 Å². The largest absolute Gasteiger partial charge is 0.312 e. The predicted molar refractivity (Wildman–Crippen MR) is 130 cm³/mol. The number of aromatic nitrogens is 3. The minimum Gasteiger partial charge on any atom is -0.312 e. The van der Waals surface area contributed by atoms with E-state index in [1.807, 2.05) is 60.8 Å². The zero-order chi connectivity index (χ0) is 22.9. The van der Waals surface area contributed by atoms with Crippen LogP contribution in [0.5, 0.6) is 0 Å². The highest BCUT2D eigenvalue weighted by Gasteiger charge is 2.35. The molecule has 1 fully saturated rings. The van der Waals surface area contributed by atoms with E-state index in [0.717, 1.165) is 22.6 Å². The maximum Gasteiger partial charge on any atom is 0.230 e. The number of hydrogen-bond donors (Lipinski definition) is 1. The summed E-state index contributed by atoms with van der Waals surface area (Å²) < 4.78 is 1.65. The third-order valence-corrected chi connectivity index (χ3v) is 6.48. The Morgan fingerprint density at radius 2 is 1.85 bits per heavy atom. The van der Waals surface area contributed by atoms with Gasteiger partial charge in [-0.05, 0) is 26.0 Å². The highest BCUT2D eigenvalue weighted by molar-refractivity contribution is 7.12. The molecule has 5 rings (SSSR count). The molecule has 7 nitrogen and oxygen atoms in total. The molecule has 2 amide bonds. The Morgan fingerprint density at radius 3 is 2.61 bits per heavy atom. The van der Waals surface area contributed by atoms with Crippen molar-refractivity contribution in [2.75, 3.05) is 16.8 Å². The van der Waals surface area contributed by atoms with Gasteiger partial charge in [0.25, 0.3) is 0 Å². The number of benzene rings is 2. The molecule has 0 saturated carbocycles. The Labute approximate surface area is 195 Å². The van der Waals surface area contributed by atoms with Crippen molar-refractivity contribution >= 4 is 34.7 Å². The summed E-state index contributed by atoms with van der Waals surface area (Å²) in [7, 11) is 0. The summed E-state index contributed by atoms with van der Waals surface area (Å²) in [6, 6.07) is 19.4. The molecular formula is C25H23N5O2S. The number of rotatable bonds is 5. The third-order valence-electron chi connectivity index (χ3n) is 5.67. The highest BCUT2D eigenvalue weighted by Crippen LogP contribution is 2.29. The lowest BCUT2D eigenvalue weighted by molar-refractivity contribution is -0.122. The van der Waals surface area contributed by atoms with Gasteiger partial charge in [0.2, 0.25) is 16.9 Å². The van der Waals surface area contributed by atoms with Crippen LogP contribution in [0.3, 0.4) is 0 Å². The second-order valence-corrected chi connectivity index (χ2v) is 9.03. The Morgan fingerprint density at radius 1 is 1.09 bits per heavy atom. The molecule has 2 aromatic heterocycles. The minimum atomic E-state index is -0.430. The molecule has 0 aliphatic carbocycles. The molecule has 0 radical (unpaired) electrons. The number of thiazole rings is 1. The van der Waals surface area contributed by atoms with Crippen LogP contribution in [-0.2, 0) is 9.59 Å². The fraction of sp³-hybridized carbons (Fsp3) is 0.200. The minimum absolute atomic E-state index is 0.0475. The Kier molecular flexibility index (Phi) is 5.51. The van der Waals surface area contributed by atoms with E-state index < -0.39 is 5.92 Å².